The van der Waals surface area contributed by atoms with Crippen molar-refractivity contribution in [2.24, 2.45) is 15.7 Å². The summed E-state index contributed by atoms with van der Waals surface area (Å²) >= 11 is 3.39. The Labute approximate surface area is 72.5 Å². The number of fused-ring (bicyclic) bond motifs is 1. The lowest BCUT2D eigenvalue weighted by Crippen LogP contribution is -2.24. The van der Waals surface area contributed by atoms with Gasteiger partial charge in [-0.05, 0) is 6.08 Å². The summed E-state index contributed by atoms with van der Waals surface area (Å²) in [6.45, 7) is 0. The van der Waals surface area contributed by atoms with Crippen LogP contribution >= 0.6 is 15.9 Å². The van der Waals surface area contributed by atoms with Crippen LogP contribution in [-0.4, -0.2) is 18.2 Å². The number of hydrogen-bond donors (Lipinski definition) is 1. The number of rotatable bonds is 0. The van der Waals surface area contributed by atoms with Gasteiger partial charge in [0.15, 0.2) is 0 Å². The predicted octanol–water partition coefficient (Wildman–Crippen LogP) is 0.973. The Bertz CT molecular complexity index is 312. The molecule has 0 bridgehead atoms. The van der Waals surface area contributed by atoms with E-state index in [0.29, 0.717) is 5.84 Å². The summed E-state index contributed by atoms with van der Waals surface area (Å²) in [5, 5.41) is 0. The van der Waals surface area contributed by atoms with E-state index in [1.807, 2.05) is 12.2 Å². The van der Waals surface area contributed by atoms with Crippen LogP contribution in [0.15, 0.2) is 32.2 Å². The molecule has 11 heavy (non-hydrogen) atoms. The summed E-state index contributed by atoms with van der Waals surface area (Å²) in [5.41, 5.74) is 6.60. The predicted molar refractivity (Wildman–Crippen MR) is 49.0 cm³/mol. The zero-order chi connectivity index (χ0) is 7.84. The Hall–Kier alpha value is -0.900. The Morgan fingerprint density at radius 1 is 1.45 bits per heavy atom. The third-order valence-electron chi connectivity index (χ3n) is 1.69. The smallest absolute Gasteiger partial charge is 0.130 e. The third-order valence-corrected chi connectivity index (χ3v) is 2.38. The molecule has 2 N–H and O–H groups in total. The van der Waals surface area contributed by atoms with Crippen LogP contribution in [0.2, 0.25) is 0 Å². The highest BCUT2D eigenvalue weighted by atomic mass is 79.9. The van der Waals surface area contributed by atoms with E-state index in [4.69, 9.17) is 5.73 Å². The fraction of sp³-hybridized carbons (Fsp3) is 0.143. The van der Waals surface area contributed by atoms with Crippen molar-refractivity contribution in [1.29, 1.82) is 0 Å². The second kappa shape index (κ2) is 2.30. The van der Waals surface area contributed by atoms with Gasteiger partial charge in [-0.15, -0.1) is 0 Å². The standard InChI is InChI=1S/C7H6BrN3/c8-5-2-1-4-6(5)10-3-11-7(4)9/h1-3,6H,(H2,9,10,11). The molecule has 0 saturated carbocycles. The second-order valence-electron chi connectivity index (χ2n) is 2.35. The number of amidine groups is 1. The molecule has 56 valence electrons. The highest BCUT2D eigenvalue weighted by Crippen LogP contribution is 2.28. The van der Waals surface area contributed by atoms with Crippen molar-refractivity contribution >= 4 is 28.1 Å². The fourth-order valence-electron chi connectivity index (χ4n) is 1.11. The lowest BCUT2D eigenvalue weighted by atomic mass is 10.1. The molecule has 1 heterocycles. The van der Waals surface area contributed by atoms with E-state index >= 15 is 0 Å². The minimum absolute atomic E-state index is 0.0625. The summed E-state index contributed by atoms with van der Waals surface area (Å²) in [6, 6.07) is 0.0625. The largest absolute Gasteiger partial charge is 0.383 e. The highest BCUT2D eigenvalue weighted by molar-refractivity contribution is 9.11. The van der Waals surface area contributed by atoms with E-state index in [0.717, 1.165) is 10.1 Å². The van der Waals surface area contributed by atoms with Crippen LogP contribution in [0.1, 0.15) is 0 Å². The molecular weight excluding hydrogens is 206 g/mol. The van der Waals surface area contributed by atoms with Crippen molar-refractivity contribution in [3.63, 3.8) is 0 Å². The van der Waals surface area contributed by atoms with E-state index in [1.54, 1.807) is 0 Å². The molecule has 0 radical (unpaired) electrons. The molecular formula is C7H6BrN3. The summed E-state index contributed by atoms with van der Waals surface area (Å²) < 4.78 is 1.04. The molecule has 0 aromatic heterocycles. The summed E-state index contributed by atoms with van der Waals surface area (Å²) in [5.74, 6) is 0.565. The molecule has 0 amide bonds. The average molecular weight is 212 g/mol. The SMILES string of the molecule is NC1=NC=NC2C(Br)=CC=C12. The number of nitrogens with two attached hydrogens (primary N) is 1. The highest BCUT2D eigenvalue weighted by Gasteiger charge is 2.24. The molecule has 1 aliphatic heterocycles. The number of aliphatic imine (C=N–C) groups is 2. The van der Waals surface area contributed by atoms with E-state index in [1.165, 1.54) is 6.34 Å². The minimum Gasteiger partial charge on any atom is -0.383 e. The van der Waals surface area contributed by atoms with Crippen LogP contribution < -0.4 is 5.73 Å². The van der Waals surface area contributed by atoms with Crippen LogP contribution in [0, 0.1) is 0 Å². The van der Waals surface area contributed by atoms with Gasteiger partial charge in [-0.1, -0.05) is 22.0 Å². The first kappa shape index (κ1) is 6.79. The number of nitrogens with zero attached hydrogens (tertiary/aromatic N) is 2. The maximum absolute atomic E-state index is 5.62. The van der Waals surface area contributed by atoms with Crippen molar-refractivity contribution in [3.05, 3.63) is 22.2 Å². The molecule has 2 rings (SSSR count). The van der Waals surface area contributed by atoms with Gasteiger partial charge in [0.25, 0.3) is 0 Å². The molecule has 0 aromatic rings. The minimum atomic E-state index is 0.0625. The van der Waals surface area contributed by atoms with Gasteiger partial charge >= 0.3 is 0 Å². The van der Waals surface area contributed by atoms with Crippen LogP contribution in [-0.2, 0) is 0 Å². The molecule has 2 aliphatic rings. The number of allylic oxidation sites excluding steroid dienone is 2. The maximum atomic E-state index is 5.62. The Morgan fingerprint density at radius 3 is 3.00 bits per heavy atom. The van der Waals surface area contributed by atoms with Gasteiger partial charge in [-0.2, -0.15) is 0 Å². The fourth-order valence-corrected chi connectivity index (χ4v) is 1.61. The van der Waals surface area contributed by atoms with Gasteiger partial charge in [0.05, 0.1) is 0 Å². The molecule has 4 heteroatoms. The summed E-state index contributed by atoms with van der Waals surface area (Å²) in [6.07, 6.45) is 5.38. The number of halogens is 1. The van der Waals surface area contributed by atoms with Gasteiger partial charge in [-0.3, -0.25) is 4.99 Å². The van der Waals surface area contributed by atoms with Crippen molar-refractivity contribution in [3.8, 4) is 0 Å². The molecule has 0 aromatic carbocycles. The zero-order valence-electron chi connectivity index (χ0n) is 5.66. The molecule has 1 aliphatic carbocycles. The Morgan fingerprint density at radius 2 is 2.27 bits per heavy atom. The molecule has 0 fully saturated rings. The lowest BCUT2D eigenvalue weighted by molar-refractivity contribution is 0.989. The lowest BCUT2D eigenvalue weighted by Gasteiger charge is -2.13. The third kappa shape index (κ3) is 0.939. The quantitative estimate of drug-likeness (QED) is 0.639. The van der Waals surface area contributed by atoms with Crippen molar-refractivity contribution in [2.75, 3.05) is 0 Å². The van der Waals surface area contributed by atoms with Crippen molar-refractivity contribution < 1.29 is 0 Å². The monoisotopic (exact) mass is 211 g/mol. The summed E-state index contributed by atoms with van der Waals surface area (Å²) in [4.78, 5) is 8.03. The van der Waals surface area contributed by atoms with Crippen molar-refractivity contribution in [1.82, 2.24) is 0 Å². The van der Waals surface area contributed by atoms with E-state index in [-0.39, 0.29) is 6.04 Å². The van der Waals surface area contributed by atoms with E-state index in [2.05, 4.69) is 25.9 Å². The van der Waals surface area contributed by atoms with Gasteiger partial charge in [-0.25, -0.2) is 4.99 Å². The summed E-state index contributed by atoms with van der Waals surface area (Å²) in [7, 11) is 0. The molecule has 0 spiro atoms. The van der Waals surface area contributed by atoms with Gasteiger partial charge in [0.2, 0.25) is 0 Å². The molecule has 1 unspecified atom stereocenters. The molecule has 3 nitrogen and oxygen atoms in total. The zero-order valence-corrected chi connectivity index (χ0v) is 7.25. The maximum Gasteiger partial charge on any atom is 0.130 e. The van der Waals surface area contributed by atoms with Gasteiger partial charge in [0.1, 0.15) is 18.2 Å². The van der Waals surface area contributed by atoms with E-state index < -0.39 is 0 Å². The normalized spacial score (nSPS) is 27.4. The Kier molecular flexibility index (Phi) is 1.42. The van der Waals surface area contributed by atoms with Crippen LogP contribution in [0.25, 0.3) is 0 Å². The average Bonchev–Trinajstić information content (AvgIpc) is 2.35. The van der Waals surface area contributed by atoms with Gasteiger partial charge in [0, 0.05) is 10.1 Å². The van der Waals surface area contributed by atoms with Crippen molar-refractivity contribution in [2.45, 2.75) is 6.04 Å². The van der Waals surface area contributed by atoms with Crippen LogP contribution in [0.4, 0.5) is 0 Å². The first-order chi connectivity index (χ1) is 5.29. The van der Waals surface area contributed by atoms with Gasteiger partial charge < -0.3 is 5.73 Å². The topological polar surface area (TPSA) is 50.7 Å². The van der Waals surface area contributed by atoms with Crippen LogP contribution in [0.5, 0.6) is 0 Å². The molecule has 0 saturated heterocycles. The van der Waals surface area contributed by atoms with E-state index in [9.17, 15) is 0 Å². The first-order valence-electron chi connectivity index (χ1n) is 3.21. The number of hydrogen-bond acceptors (Lipinski definition) is 3. The first-order valence-corrected chi connectivity index (χ1v) is 4.01. The van der Waals surface area contributed by atoms with Crippen LogP contribution in [0.3, 0.4) is 0 Å². The Balaban J connectivity index is 2.42. The molecule has 1 atom stereocenters. The second-order valence-corrected chi connectivity index (χ2v) is 3.27.